The van der Waals surface area contributed by atoms with Crippen LogP contribution in [0.3, 0.4) is 0 Å². The molecule has 0 aliphatic rings. The number of aliphatic hydroxyl groups excluding tert-OH is 2. The van der Waals surface area contributed by atoms with Gasteiger partial charge in [-0.2, -0.15) is 0 Å². The fourth-order valence-corrected chi connectivity index (χ4v) is 8.33. The number of rotatable bonds is 51. The second-order valence-corrected chi connectivity index (χ2v) is 18.9. The molecule has 0 bridgehead atoms. The van der Waals surface area contributed by atoms with Gasteiger partial charge in [-0.25, -0.2) is 0 Å². The molecule has 0 aromatic rings. The Kier molecular flexibility index (Phi) is 51.1. The summed E-state index contributed by atoms with van der Waals surface area (Å²) in [5, 5.41) is 23.1. The van der Waals surface area contributed by atoms with E-state index in [9.17, 15) is 19.8 Å². The number of hydrogen-bond donors (Lipinski definition) is 3. The summed E-state index contributed by atoms with van der Waals surface area (Å²) in [5.41, 5.74) is 0. The van der Waals surface area contributed by atoms with Crippen molar-refractivity contribution in [1.82, 2.24) is 5.32 Å². The van der Waals surface area contributed by atoms with E-state index in [1.54, 1.807) is 6.08 Å². The van der Waals surface area contributed by atoms with Crippen molar-refractivity contribution in [3.8, 4) is 0 Å². The largest absolute Gasteiger partial charge is 0.466 e. The lowest BCUT2D eigenvalue weighted by molar-refractivity contribution is -0.143. The van der Waals surface area contributed by atoms with Gasteiger partial charge >= 0.3 is 5.97 Å². The van der Waals surface area contributed by atoms with Gasteiger partial charge in [-0.3, -0.25) is 9.59 Å². The minimum Gasteiger partial charge on any atom is -0.466 e. The van der Waals surface area contributed by atoms with E-state index in [4.69, 9.17) is 4.74 Å². The molecule has 0 radical (unpaired) electrons. The highest BCUT2D eigenvalue weighted by atomic mass is 16.5. The summed E-state index contributed by atoms with van der Waals surface area (Å²) in [4.78, 5) is 24.5. The molecule has 1 amide bonds. The quantitative estimate of drug-likeness (QED) is 0.0321. The molecule has 0 rings (SSSR count). The number of carbonyl (C=O) groups is 2. The zero-order valence-electron chi connectivity index (χ0n) is 42.1. The van der Waals surface area contributed by atoms with Crippen molar-refractivity contribution in [3.05, 3.63) is 36.5 Å². The topological polar surface area (TPSA) is 95.9 Å². The zero-order valence-corrected chi connectivity index (χ0v) is 42.1. The van der Waals surface area contributed by atoms with Gasteiger partial charge in [0.15, 0.2) is 0 Å². The molecule has 0 spiro atoms. The molecule has 0 saturated heterocycles. The van der Waals surface area contributed by atoms with E-state index in [0.717, 1.165) is 83.5 Å². The number of carbonyl (C=O) groups excluding carboxylic acids is 2. The van der Waals surface area contributed by atoms with E-state index in [-0.39, 0.29) is 18.5 Å². The van der Waals surface area contributed by atoms with Crippen molar-refractivity contribution in [2.45, 2.75) is 302 Å². The fraction of sp³-hybridized carbons (Fsp3) is 0.860. The average Bonchev–Trinajstić information content (AvgIpc) is 3.28. The van der Waals surface area contributed by atoms with Crippen molar-refractivity contribution in [1.29, 1.82) is 0 Å². The SMILES string of the molecule is CCCCCCCCC/C=C\CCCCCCCC(=O)OCCCC/C=C\CCCCCCCC(=O)NC(CO)C(O)/C=C/CCCCCCCCCCCCCCCCCCC. The summed E-state index contributed by atoms with van der Waals surface area (Å²) < 4.78 is 5.44. The number of ether oxygens (including phenoxy) is 1. The zero-order chi connectivity index (χ0) is 45.8. The number of allylic oxidation sites excluding steroid dienone is 5. The Labute approximate surface area is 392 Å². The molecule has 2 unspecified atom stereocenters. The molecular weight excluding hydrogens is 779 g/mol. The molecule has 0 fully saturated rings. The molecule has 3 N–H and O–H groups in total. The third-order valence-electron chi connectivity index (χ3n) is 12.6. The summed E-state index contributed by atoms with van der Waals surface area (Å²) in [7, 11) is 0. The standard InChI is InChI=1S/C57H107NO5/c1-3-5-7-9-11-13-15-17-19-21-22-23-24-26-29-33-37-41-45-49-55(60)54(53-59)58-56(61)50-46-42-38-34-30-28-32-36-40-44-48-52-63-57(62)51-47-43-39-35-31-27-25-20-18-16-14-12-10-8-6-4-2/h20,25,32,36,45,49,54-55,59-60H,3-19,21-24,26-31,33-35,37-44,46-48,50-53H2,1-2H3,(H,58,61)/b25-20-,36-32-,49-45+. The third-order valence-corrected chi connectivity index (χ3v) is 12.6. The van der Waals surface area contributed by atoms with E-state index in [0.29, 0.717) is 19.4 Å². The Morgan fingerprint density at radius 2 is 0.746 bits per heavy atom. The molecule has 0 saturated carbocycles. The van der Waals surface area contributed by atoms with Crippen molar-refractivity contribution in [3.63, 3.8) is 0 Å². The van der Waals surface area contributed by atoms with Crippen LogP contribution in [0.15, 0.2) is 36.5 Å². The maximum atomic E-state index is 12.5. The van der Waals surface area contributed by atoms with Gasteiger partial charge in [-0.15, -0.1) is 0 Å². The van der Waals surface area contributed by atoms with Gasteiger partial charge in [0.1, 0.15) is 0 Å². The highest BCUT2D eigenvalue weighted by Crippen LogP contribution is 2.16. The first-order valence-corrected chi connectivity index (χ1v) is 27.8. The fourth-order valence-electron chi connectivity index (χ4n) is 8.33. The van der Waals surface area contributed by atoms with Crippen LogP contribution in [0.25, 0.3) is 0 Å². The van der Waals surface area contributed by atoms with Gasteiger partial charge in [0.2, 0.25) is 5.91 Å². The molecular formula is C57H107NO5. The van der Waals surface area contributed by atoms with Crippen molar-refractivity contribution in [2.75, 3.05) is 13.2 Å². The smallest absolute Gasteiger partial charge is 0.305 e. The number of esters is 1. The van der Waals surface area contributed by atoms with Crippen LogP contribution in [0.4, 0.5) is 0 Å². The molecule has 2 atom stereocenters. The Bertz CT molecular complexity index is 1020. The minimum absolute atomic E-state index is 0.0404. The molecule has 370 valence electrons. The lowest BCUT2D eigenvalue weighted by atomic mass is 10.0. The first-order valence-electron chi connectivity index (χ1n) is 27.8. The van der Waals surface area contributed by atoms with Crippen LogP contribution in [-0.4, -0.2) is 47.4 Å². The molecule has 0 aromatic heterocycles. The van der Waals surface area contributed by atoms with Crippen LogP contribution in [-0.2, 0) is 14.3 Å². The number of hydrogen-bond acceptors (Lipinski definition) is 5. The monoisotopic (exact) mass is 886 g/mol. The van der Waals surface area contributed by atoms with Gasteiger partial charge in [0.05, 0.1) is 25.4 Å². The van der Waals surface area contributed by atoms with E-state index in [2.05, 4.69) is 43.5 Å². The lowest BCUT2D eigenvalue weighted by Crippen LogP contribution is -2.45. The summed E-state index contributed by atoms with van der Waals surface area (Å²) in [6, 6.07) is -0.650. The van der Waals surface area contributed by atoms with Crippen molar-refractivity contribution in [2.24, 2.45) is 0 Å². The van der Waals surface area contributed by atoms with Gasteiger partial charge in [-0.05, 0) is 83.5 Å². The predicted molar refractivity (Wildman–Crippen MR) is 273 cm³/mol. The van der Waals surface area contributed by atoms with Crippen LogP contribution in [0.1, 0.15) is 290 Å². The lowest BCUT2D eigenvalue weighted by Gasteiger charge is -2.20. The summed E-state index contributed by atoms with van der Waals surface area (Å²) in [5.74, 6) is -0.137. The van der Waals surface area contributed by atoms with Gasteiger partial charge < -0.3 is 20.3 Å². The predicted octanol–water partition coefficient (Wildman–Crippen LogP) is 16.9. The number of nitrogens with one attached hydrogen (secondary N) is 1. The summed E-state index contributed by atoms with van der Waals surface area (Å²) >= 11 is 0. The second-order valence-electron chi connectivity index (χ2n) is 18.9. The van der Waals surface area contributed by atoms with Crippen LogP contribution in [0, 0.1) is 0 Å². The molecule has 0 aliphatic carbocycles. The molecule has 6 nitrogen and oxygen atoms in total. The number of unbranched alkanes of at least 4 members (excludes halogenated alkanes) is 36. The van der Waals surface area contributed by atoms with Gasteiger partial charge in [0, 0.05) is 12.8 Å². The maximum Gasteiger partial charge on any atom is 0.305 e. The first kappa shape index (κ1) is 61.1. The van der Waals surface area contributed by atoms with Crippen molar-refractivity contribution < 1.29 is 24.5 Å². The number of amides is 1. The van der Waals surface area contributed by atoms with E-state index in [1.807, 2.05) is 6.08 Å². The van der Waals surface area contributed by atoms with Gasteiger partial charge in [-0.1, -0.05) is 230 Å². The summed E-state index contributed by atoms with van der Waals surface area (Å²) in [6.07, 6.45) is 64.4. The van der Waals surface area contributed by atoms with Crippen LogP contribution < -0.4 is 5.32 Å². The molecule has 63 heavy (non-hydrogen) atoms. The number of aliphatic hydroxyl groups is 2. The van der Waals surface area contributed by atoms with Gasteiger partial charge in [0.25, 0.3) is 0 Å². The molecule has 0 aromatic carbocycles. The van der Waals surface area contributed by atoms with E-state index < -0.39 is 12.1 Å². The minimum atomic E-state index is -0.864. The average molecular weight is 886 g/mol. The Balaban J connectivity index is 3.55. The maximum absolute atomic E-state index is 12.5. The third kappa shape index (κ3) is 49.4. The Morgan fingerprint density at radius 3 is 1.13 bits per heavy atom. The highest BCUT2D eigenvalue weighted by Gasteiger charge is 2.18. The molecule has 0 aliphatic heterocycles. The van der Waals surface area contributed by atoms with Crippen LogP contribution >= 0.6 is 0 Å². The van der Waals surface area contributed by atoms with E-state index in [1.165, 1.54) is 180 Å². The first-order chi connectivity index (χ1) is 31.0. The second kappa shape index (κ2) is 52.7. The Hall–Kier alpha value is -1.92. The van der Waals surface area contributed by atoms with E-state index >= 15 is 0 Å². The highest BCUT2D eigenvalue weighted by molar-refractivity contribution is 5.76. The normalized spacial score (nSPS) is 12.9. The van der Waals surface area contributed by atoms with Crippen LogP contribution in [0.2, 0.25) is 0 Å². The van der Waals surface area contributed by atoms with Crippen LogP contribution in [0.5, 0.6) is 0 Å². The summed E-state index contributed by atoms with van der Waals surface area (Å²) in [6.45, 7) is 4.83. The Morgan fingerprint density at radius 1 is 0.429 bits per heavy atom. The molecule has 0 heterocycles. The molecule has 6 heteroatoms. The van der Waals surface area contributed by atoms with Crippen molar-refractivity contribution >= 4 is 11.9 Å².